The minimum absolute atomic E-state index is 0.119. The van der Waals surface area contributed by atoms with E-state index in [4.69, 9.17) is 5.26 Å². The van der Waals surface area contributed by atoms with Gasteiger partial charge in [-0.3, -0.25) is 14.1 Å². The van der Waals surface area contributed by atoms with Crippen LogP contribution in [0.5, 0.6) is 0 Å². The summed E-state index contributed by atoms with van der Waals surface area (Å²) in [4.78, 5) is 12.2. The Morgan fingerprint density at radius 2 is 2.00 bits per heavy atom. The molecule has 0 bridgehead atoms. The van der Waals surface area contributed by atoms with E-state index in [-0.39, 0.29) is 11.4 Å². The maximum Gasteiger partial charge on any atom is 0.289 e. The summed E-state index contributed by atoms with van der Waals surface area (Å²) in [7, 11) is -2.14. The van der Waals surface area contributed by atoms with Crippen molar-refractivity contribution in [1.82, 2.24) is 4.57 Å². The normalized spacial score (nSPS) is 14.2. The van der Waals surface area contributed by atoms with Gasteiger partial charge in [0.1, 0.15) is 25.9 Å². The number of aromatic nitrogens is 1. The van der Waals surface area contributed by atoms with Crippen LogP contribution in [0.25, 0.3) is 0 Å². The van der Waals surface area contributed by atoms with Crippen LogP contribution in [0.4, 0.5) is 25.8 Å². The summed E-state index contributed by atoms with van der Waals surface area (Å²) in [6.07, 6.45) is 2.77. The first-order valence-corrected chi connectivity index (χ1v) is 10.1. The van der Waals surface area contributed by atoms with Crippen LogP contribution in [0.3, 0.4) is 0 Å². The molecule has 1 fully saturated rings. The van der Waals surface area contributed by atoms with E-state index in [2.05, 4.69) is 10.0 Å². The summed E-state index contributed by atoms with van der Waals surface area (Å²) in [6.45, 7) is -0.465. The average Bonchev–Trinajstić information content (AvgIpc) is 2.55. The average molecular weight is 406 g/mol. The molecule has 0 amide bonds. The van der Waals surface area contributed by atoms with Gasteiger partial charge < -0.3 is 5.32 Å². The van der Waals surface area contributed by atoms with Gasteiger partial charge in [-0.1, -0.05) is 17.9 Å². The van der Waals surface area contributed by atoms with Crippen molar-refractivity contribution >= 4 is 40.4 Å². The number of nitriles is 1. The van der Waals surface area contributed by atoms with Crippen LogP contribution in [0.2, 0.25) is 0 Å². The van der Waals surface area contributed by atoms with E-state index in [0.717, 1.165) is 17.2 Å². The Hall–Kier alpha value is -2.87. The quantitative estimate of drug-likeness (QED) is 0.696. The standard InChI is InChI=1S/C17H17BF2N4O3S/c18-10-4-5-13(12(19)8-10)22-16-14(23-28(26,27)11-2-1-3-11)9-24(7-6-21)17(25)15(16)20/h4-5,8-9,11,22-23H,1-3,7,18H2. The molecule has 0 saturated heterocycles. The Balaban J connectivity index is 2.09. The van der Waals surface area contributed by atoms with E-state index in [9.17, 15) is 22.0 Å². The van der Waals surface area contributed by atoms with Gasteiger partial charge in [-0.05, 0) is 25.0 Å². The molecule has 1 aromatic carbocycles. The van der Waals surface area contributed by atoms with Crippen molar-refractivity contribution in [2.45, 2.75) is 31.1 Å². The van der Waals surface area contributed by atoms with Gasteiger partial charge in [-0.15, -0.1) is 0 Å². The lowest BCUT2D eigenvalue weighted by Crippen LogP contribution is -2.34. The number of anilines is 3. The molecule has 3 rings (SSSR count). The Morgan fingerprint density at radius 3 is 2.57 bits per heavy atom. The predicted molar refractivity (Wildman–Crippen MR) is 104 cm³/mol. The topological polar surface area (TPSA) is 104 Å². The van der Waals surface area contributed by atoms with Gasteiger partial charge in [0.05, 0.1) is 22.7 Å². The maximum atomic E-state index is 14.8. The lowest BCUT2D eigenvalue weighted by Gasteiger charge is -2.26. The molecule has 28 heavy (non-hydrogen) atoms. The van der Waals surface area contributed by atoms with Crippen molar-refractivity contribution in [2.24, 2.45) is 0 Å². The van der Waals surface area contributed by atoms with Crippen molar-refractivity contribution in [3.8, 4) is 6.07 Å². The van der Waals surface area contributed by atoms with Gasteiger partial charge in [-0.2, -0.15) is 9.65 Å². The zero-order valence-corrected chi connectivity index (χ0v) is 15.8. The number of halogens is 2. The number of hydrogen-bond acceptors (Lipinski definition) is 5. The number of pyridine rings is 1. The lowest BCUT2D eigenvalue weighted by molar-refractivity contribution is 0.479. The number of nitrogens with one attached hydrogen (secondary N) is 2. The minimum Gasteiger partial charge on any atom is -0.349 e. The predicted octanol–water partition coefficient (Wildman–Crippen LogP) is 0.946. The van der Waals surface area contributed by atoms with Crippen molar-refractivity contribution < 1.29 is 17.2 Å². The molecular formula is C17H17BF2N4O3S. The van der Waals surface area contributed by atoms with E-state index in [1.807, 2.05) is 0 Å². The second-order valence-corrected chi connectivity index (χ2v) is 8.59. The van der Waals surface area contributed by atoms with Crippen LogP contribution >= 0.6 is 0 Å². The first-order chi connectivity index (χ1) is 13.2. The highest BCUT2D eigenvalue weighted by atomic mass is 32.2. The van der Waals surface area contributed by atoms with Crippen LogP contribution in [0.15, 0.2) is 29.2 Å². The third kappa shape index (κ3) is 3.87. The molecule has 0 radical (unpaired) electrons. The largest absolute Gasteiger partial charge is 0.349 e. The maximum absolute atomic E-state index is 14.8. The SMILES string of the molecule is Bc1ccc(Nc2c(NS(=O)(=O)C3CCC3)cn(CC#N)c(=O)c2F)c(F)c1. The van der Waals surface area contributed by atoms with Gasteiger partial charge >= 0.3 is 0 Å². The van der Waals surface area contributed by atoms with Crippen molar-refractivity contribution in [2.75, 3.05) is 10.0 Å². The third-order valence-electron chi connectivity index (χ3n) is 4.59. The highest BCUT2D eigenvalue weighted by Crippen LogP contribution is 2.32. The number of rotatable bonds is 6. The lowest BCUT2D eigenvalue weighted by atomic mass is 9.96. The molecule has 1 aliphatic rings. The molecule has 0 spiro atoms. The highest BCUT2D eigenvalue weighted by molar-refractivity contribution is 7.93. The monoisotopic (exact) mass is 406 g/mol. The Kier molecular flexibility index (Phi) is 5.42. The molecular weight excluding hydrogens is 389 g/mol. The summed E-state index contributed by atoms with van der Waals surface area (Å²) in [5.41, 5.74) is -1.36. The number of sulfonamides is 1. The van der Waals surface area contributed by atoms with Crippen LogP contribution in [-0.2, 0) is 16.6 Å². The molecule has 0 aliphatic heterocycles. The molecule has 11 heteroatoms. The summed E-state index contributed by atoms with van der Waals surface area (Å²) in [5.74, 6) is -2.00. The Labute approximate surface area is 161 Å². The van der Waals surface area contributed by atoms with Crippen LogP contribution < -0.4 is 21.1 Å². The minimum atomic E-state index is -3.82. The molecule has 2 N–H and O–H groups in total. The van der Waals surface area contributed by atoms with Crippen molar-refractivity contribution in [1.29, 1.82) is 5.26 Å². The van der Waals surface area contributed by atoms with Crippen molar-refractivity contribution in [3.05, 3.63) is 46.4 Å². The van der Waals surface area contributed by atoms with Crippen LogP contribution in [0.1, 0.15) is 19.3 Å². The summed E-state index contributed by atoms with van der Waals surface area (Å²) in [6, 6.07) is 5.87. The molecule has 0 atom stereocenters. The summed E-state index contributed by atoms with van der Waals surface area (Å²) in [5, 5.41) is 10.7. The van der Waals surface area contributed by atoms with E-state index in [1.54, 1.807) is 20.0 Å². The number of benzene rings is 1. The third-order valence-corrected chi connectivity index (χ3v) is 6.44. The Bertz CT molecular complexity index is 1120. The fourth-order valence-electron chi connectivity index (χ4n) is 2.80. The second kappa shape index (κ2) is 7.63. The first kappa shape index (κ1) is 19.9. The molecule has 7 nitrogen and oxygen atoms in total. The van der Waals surface area contributed by atoms with Gasteiger partial charge in [0.15, 0.2) is 0 Å². The number of hydrogen-bond donors (Lipinski definition) is 2. The molecule has 1 saturated carbocycles. The van der Waals surface area contributed by atoms with Gasteiger partial charge in [0.25, 0.3) is 5.56 Å². The number of nitrogens with zero attached hydrogens (tertiary/aromatic N) is 2. The fraction of sp³-hybridized carbons (Fsp3) is 0.294. The smallest absolute Gasteiger partial charge is 0.289 e. The van der Waals surface area contributed by atoms with Gasteiger partial charge in [0, 0.05) is 6.20 Å². The summed E-state index contributed by atoms with van der Waals surface area (Å²) < 4.78 is 56.9. The molecule has 146 valence electrons. The molecule has 1 aliphatic carbocycles. The van der Waals surface area contributed by atoms with E-state index < -0.39 is 44.7 Å². The Morgan fingerprint density at radius 1 is 1.29 bits per heavy atom. The van der Waals surface area contributed by atoms with Crippen LogP contribution in [0, 0.1) is 23.0 Å². The van der Waals surface area contributed by atoms with Gasteiger partial charge in [0.2, 0.25) is 15.8 Å². The molecule has 2 aromatic rings. The van der Waals surface area contributed by atoms with Crippen LogP contribution in [-0.4, -0.2) is 26.1 Å². The van der Waals surface area contributed by atoms with E-state index >= 15 is 0 Å². The zero-order valence-electron chi connectivity index (χ0n) is 15.0. The molecule has 1 aromatic heterocycles. The zero-order chi connectivity index (χ0) is 20.5. The van der Waals surface area contributed by atoms with E-state index in [0.29, 0.717) is 18.3 Å². The van der Waals surface area contributed by atoms with E-state index in [1.165, 1.54) is 12.1 Å². The van der Waals surface area contributed by atoms with Crippen molar-refractivity contribution in [3.63, 3.8) is 0 Å². The fourth-order valence-corrected chi connectivity index (χ4v) is 4.38. The highest BCUT2D eigenvalue weighted by Gasteiger charge is 2.32. The first-order valence-electron chi connectivity index (χ1n) is 8.57. The second-order valence-electron chi connectivity index (χ2n) is 6.63. The van der Waals surface area contributed by atoms with Gasteiger partial charge in [-0.25, -0.2) is 12.8 Å². The molecule has 0 unspecified atom stereocenters. The molecule has 1 heterocycles. The summed E-state index contributed by atoms with van der Waals surface area (Å²) >= 11 is 0.